The summed E-state index contributed by atoms with van der Waals surface area (Å²) in [7, 11) is -3.76. The lowest BCUT2D eigenvalue weighted by Crippen LogP contribution is -2.21. The van der Waals surface area contributed by atoms with E-state index in [9.17, 15) is 13.7 Å². The molecule has 0 amide bonds. The van der Waals surface area contributed by atoms with E-state index in [1.807, 2.05) is 0 Å². The molecule has 2 aromatic heterocycles. The number of nitrogens with one attached hydrogen (secondary N) is 2. The number of nitriles is 1. The second kappa shape index (κ2) is 6.87. The Balaban J connectivity index is 1.56. The molecule has 8 heteroatoms. The molecule has 0 radical (unpaired) electrons. The third kappa shape index (κ3) is 2.98. The van der Waals surface area contributed by atoms with Gasteiger partial charge < -0.3 is 10.6 Å². The molecule has 1 saturated carbocycles. The highest BCUT2D eigenvalue weighted by Gasteiger charge is 2.37. The Labute approximate surface area is 169 Å². The van der Waals surface area contributed by atoms with Crippen molar-refractivity contribution in [2.24, 2.45) is 11.8 Å². The van der Waals surface area contributed by atoms with Crippen molar-refractivity contribution in [3.8, 4) is 6.07 Å². The van der Waals surface area contributed by atoms with E-state index in [0.717, 1.165) is 25.9 Å². The fourth-order valence-corrected chi connectivity index (χ4v) is 6.01. The van der Waals surface area contributed by atoms with Crippen molar-refractivity contribution in [3.05, 3.63) is 54.4 Å². The van der Waals surface area contributed by atoms with Crippen LogP contribution in [-0.2, 0) is 10.0 Å². The molecule has 1 aliphatic heterocycles. The molecule has 1 aromatic carbocycles. The van der Waals surface area contributed by atoms with Crippen LogP contribution < -0.4 is 10.6 Å². The second-order valence-corrected chi connectivity index (χ2v) is 9.63. The molecule has 0 bridgehead atoms. The summed E-state index contributed by atoms with van der Waals surface area (Å²) in [5, 5.41) is 17.2. The van der Waals surface area contributed by atoms with Gasteiger partial charge >= 0.3 is 0 Å². The molecule has 0 unspecified atom stereocenters. The Kier molecular flexibility index (Phi) is 4.30. The number of benzene rings is 1. The molecular weight excluding hydrogens is 386 g/mol. The summed E-state index contributed by atoms with van der Waals surface area (Å²) >= 11 is 0. The van der Waals surface area contributed by atoms with E-state index in [2.05, 4.69) is 21.7 Å². The predicted octanol–water partition coefficient (Wildman–Crippen LogP) is 2.55. The van der Waals surface area contributed by atoms with Crippen LogP contribution >= 0.6 is 0 Å². The molecule has 2 N–H and O–H groups in total. The molecule has 7 nitrogen and oxygen atoms in total. The van der Waals surface area contributed by atoms with E-state index >= 15 is 0 Å². The number of nitrogens with zero attached hydrogens (tertiary/aromatic N) is 3. The molecule has 0 spiro atoms. The summed E-state index contributed by atoms with van der Waals surface area (Å²) in [6.07, 6.45) is 5.07. The van der Waals surface area contributed by atoms with Crippen LogP contribution in [0.4, 0.5) is 5.69 Å². The van der Waals surface area contributed by atoms with Gasteiger partial charge in [0.15, 0.2) is 5.65 Å². The van der Waals surface area contributed by atoms with E-state index in [0.29, 0.717) is 34.1 Å². The minimum atomic E-state index is -3.76. The third-order valence-electron chi connectivity index (χ3n) is 6.10. The van der Waals surface area contributed by atoms with E-state index in [1.54, 1.807) is 36.4 Å². The summed E-state index contributed by atoms with van der Waals surface area (Å²) in [5.74, 6) is 1.33. The molecule has 3 aromatic rings. The summed E-state index contributed by atoms with van der Waals surface area (Å²) in [6, 6.07) is 12.5. The van der Waals surface area contributed by atoms with Gasteiger partial charge in [0, 0.05) is 23.8 Å². The molecule has 3 heterocycles. The highest BCUT2D eigenvalue weighted by atomic mass is 32.2. The molecule has 5 rings (SSSR count). The number of rotatable bonds is 4. The van der Waals surface area contributed by atoms with E-state index in [-0.39, 0.29) is 10.9 Å². The molecule has 3 atom stereocenters. The zero-order valence-electron chi connectivity index (χ0n) is 15.7. The number of aromatic nitrogens is 2. The average molecular weight is 407 g/mol. The second-order valence-electron chi connectivity index (χ2n) is 7.82. The van der Waals surface area contributed by atoms with E-state index in [1.165, 1.54) is 16.4 Å². The first-order valence-corrected chi connectivity index (χ1v) is 11.2. The molecule has 148 valence electrons. The van der Waals surface area contributed by atoms with Crippen LogP contribution in [0.3, 0.4) is 0 Å². The van der Waals surface area contributed by atoms with Crippen LogP contribution in [0, 0.1) is 23.2 Å². The van der Waals surface area contributed by atoms with Crippen molar-refractivity contribution in [1.82, 2.24) is 14.3 Å². The zero-order chi connectivity index (χ0) is 20.0. The number of anilines is 1. The van der Waals surface area contributed by atoms with Crippen molar-refractivity contribution in [2.75, 3.05) is 18.4 Å². The summed E-state index contributed by atoms with van der Waals surface area (Å²) < 4.78 is 27.4. The fraction of sp³-hybridized carbons (Fsp3) is 0.333. The normalized spacial score (nSPS) is 23.8. The van der Waals surface area contributed by atoms with Crippen LogP contribution in [0.15, 0.2) is 53.7 Å². The van der Waals surface area contributed by atoms with Gasteiger partial charge in [0.1, 0.15) is 6.07 Å². The van der Waals surface area contributed by atoms with E-state index < -0.39 is 10.0 Å². The molecule has 1 saturated heterocycles. The maximum atomic E-state index is 13.1. The van der Waals surface area contributed by atoms with Crippen molar-refractivity contribution in [3.63, 3.8) is 0 Å². The molecule has 2 fully saturated rings. The van der Waals surface area contributed by atoms with Gasteiger partial charge in [-0.2, -0.15) is 5.26 Å². The largest absolute Gasteiger partial charge is 0.381 e. The van der Waals surface area contributed by atoms with Crippen molar-refractivity contribution in [2.45, 2.75) is 23.8 Å². The fourth-order valence-electron chi connectivity index (χ4n) is 4.69. The molecule has 2 aliphatic rings. The topological polar surface area (TPSA) is 99.8 Å². The van der Waals surface area contributed by atoms with Crippen molar-refractivity contribution < 1.29 is 8.42 Å². The maximum Gasteiger partial charge on any atom is 0.269 e. The number of hydrogen-bond acceptors (Lipinski definition) is 6. The first-order chi connectivity index (χ1) is 14.1. The Morgan fingerprint density at radius 2 is 1.86 bits per heavy atom. The van der Waals surface area contributed by atoms with Gasteiger partial charge in [0.2, 0.25) is 0 Å². The first-order valence-electron chi connectivity index (χ1n) is 9.76. The third-order valence-corrected chi connectivity index (χ3v) is 7.78. The average Bonchev–Trinajstić information content (AvgIpc) is 3.43. The van der Waals surface area contributed by atoms with Crippen LogP contribution in [0.1, 0.15) is 18.4 Å². The lowest BCUT2D eigenvalue weighted by Gasteiger charge is -2.17. The quantitative estimate of drug-likeness (QED) is 0.690. The Hall–Kier alpha value is -2.89. The maximum absolute atomic E-state index is 13.1. The van der Waals surface area contributed by atoms with Gasteiger partial charge in [0.25, 0.3) is 10.0 Å². The van der Waals surface area contributed by atoms with Gasteiger partial charge in [-0.05, 0) is 56.0 Å². The lowest BCUT2D eigenvalue weighted by atomic mass is 10.0. The highest BCUT2D eigenvalue weighted by molar-refractivity contribution is 7.90. The Morgan fingerprint density at radius 1 is 1.14 bits per heavy atom. The smallest absolute Gasteiger partial charge is 0.269 e. The van der Waals surface area contributed by atoms with Crippen LogP contribution in [-0.4, -0.2) is 36.5 Å². The van der Waals surface area contributed by atoms with Gasteiger partial charge in [-0.1, -0.05) is 18.2 Å². The van der Waals surface area contributed by atoms with Crippen LogP contribution in [0.2, 0.25) is 0 Å². The van der Waals surface area contributed by atoms with Crippen molar-refractivity contribution in [1.29, 1.82) is 5.26 Å². The molecular formula is C21H21N5O2S. The summed E-state index contributed by atoms with van der Waals surface area (Å²) in [4.78, 5) is 4.51. The van der Waals surface area contributed by atoms with Gasteiger partial charge in [-0.15, -0.1) is 0 Å². The van der Waals surface area contributed by atoms with Crippen LogP contribution in [0.5, 0.6) is 0 Å². The first kappa shape index (κ1) is 18.2. The van der Waals surface area contributed by atoms with Gasteiger partial charge in [0.05, 0.1) is 16.1 Å². The SMILES string of the molecule is N#Cc1cnc2c(ccn2S(=O)(=O)c2ccccc2)c1N[C@@H]1C[C@H]2CNC[C@H]2C1. The summed E-state index contributed by atoms with van der Waals surface area (Å²) in [5.41, 5.74) is 1.44. The minimum Gasteiger partial charge on any atom is -0.381 e. The van der Waals surface area contributed by atoms with Gasteiger partial charge in [-0.3, -0.25) is 0 Å². The Bertz CT molecular complexity index is 1200. The molecule has 29 heavy (non-hydrogen) atoms. The molecule has 1 aliphatic carbocycles. The summed E-state index contributed by atoms with van der Waals surface area (Å²) in [6.45, 7) is 2.09. The van der Waals surface area contributed by atoms with Crippen molar-refractivity contribution >= 4 is 26.7 Å². The minimum absolute atomic E-state index is 0.203. The van der Waals surface area contributed by atoms with Gasteiger partial charge in [-0.25, -0.2) is 17.4 Å². The Morgan fingerprint density at radius 3 is 2.55 bits per heavy atom. The van der Waals surface area contributed by atoms with Crippen LogP contribution in [0.25, 0.3) is 11.0 Å². The van der Waals surface area contributed by atoms with E-state index in [4.69, 9.17) is 0 Å². The highest BCUT2D eigenvalue weighted by Crippen LogP contribution is 2.38. The predicted molar refractivity (Wildman–Crippen MR) is 110 cm³/mol. The number of fused-ring (bicyclic) bond motifs is 2. The standard InChI is InChI=1S/C21H21N5O2S/c22-10-16-13-24-21-19(20(16)25-17-8-14-11-23-12-15(14)9-17)6-7-26(21)29(27,28)18-4-2-1-3-5-18/h1-7,13-15,17,23H,8-9,11-12H2,(H,24,25)/t14-,15+,17+. The lowest BCUT2D eigenvalue weighted by molar-refractivity contribution is 0.494. The monoisotopic (exact) mass is 407 g/mol. The zero-order valence-corrected chi connectivity index (χ0v) is 16.6. The number of pyridine rings is 1. The number of hydrogen-bond donors (Lipinski definition) is 2.